The van der Waals surface area contributed by atoms with Crippen LogP contribution in [0.1, 0.15) is 0 Å². The Morgan fingerprint density at radius 3 is 2.57 bits per heavy atom. The summed E-state index contributed by atoms with van der Waals surface area (Å²) in [5.41, 5.74) is 0. The van der Waals surface area contributed by atoms with Gasteiger partial charge in [-0.1, -0.05) is 29.8 Å². The fraction of sp³-hybridized carbons (Fsp3) is 0.308. The van der Waals surface area contributed by atoms with Crippen molar-refractivity contribution in [1.82, 2.24) is 13.9 Å². The largest absolute Gasteiger partial charge is 0.492 e. The van der Waals surface area contributed by atoms with E-state index in [0.717, 1.165) is 0 Å². The van der Waals surface area contributed by atoms with Gasteiger partial charge in [-0.2, -0.15) is 4.31 Å². The van der Waals surface area contributed by atoms with Crippen LogP contribution in [0, 0.1) is 0 Å². The van der Waals surface area contributed by atoms with E-state index in [2.05, 4.69) is 4.98 Å². The number of hydrogen-bond acceptors (Lipinski definition) is 4. The van der Waals surface area contributed by atoms with Gasteiger partial charge in [0.2, 0.25) is 5.03 Å². The predicted octanol–water partition coefficient (Wildman–Crippen LogP) is 1.77. The quantitative estimate of drug-likeness (QED) is 0.810. The van der Waals surface area contributed by atoms with Gasteiger partial charge in [0.05, 0.1) is 6.33 Å². The molecule has 1 heterocycles. The van der Waals surface area contributed by atoms with Crippen molar-refractivity contribution in [2.24, 2.45) is 7.05 Å². The Morgan fingerprint density at radius 2 is 2.00 bits per heavy atom. The third-order valence-electron chi connectivity index (χ3n) is 2.91. The summed E-state index contributed by atoms with van der Waals surface area (Å²) in [4.78, 5) is 3.83. The third-order valence-corrected chi connectivity index (χ3v) is 5.26. The average molecular weight is 330 g/mol. The molecular weight excluding hydrogens is 314 g/mol. The summed E-state index contributed by atoms with van der Waals surface area (Å²) in [5, 5.41) is -0.0558. The second-order valence-corrected chi connectivity index (χ2v) is 6.76. The molecule has 0 unspecified atom stereocenters. The molecular formula is C13H16ClN3O3S. The van der Waals surface area contributed by atoms with Gasteiger partial charge >= 0.3 is 0 Å². The van der Waals surface area contributed by atoms with Crippen LogP contribution in [-0.2, 0) is 17.1 Å². The summed E-state index contributed by atoms with van der Waals surface area (Å²) in [7, 11) is -0.615. The topological polar surface area (TPSA) is 64.4 Å². The van der Waals surface area contributed by atoms with Crippen LogP contribution in [0.2, 0.25) is 5.15 Å². The van der Waals surface area contributed by atoms with Gasteiger partial charge in [-0.25, -0.2) is 13.4 Å². The number of aryl methyl sites for hydroxylation is 1. The lowest BCUT2D eigenvalue weighted by molar-refractivity contribution is 0.286. The lowest BCUT2D eigenvalue weighted by atomic mass is 10.3. The van der Waals surface area contributed by atoms with Gasteiger partial charge in [-0.05, 0) is 12.1 Å². The summed E-state index contributed by atoms with van der Waals surface area (Å²) in [6.45, 7) is 0.439. The molecule has 0 fully saturated rings. The molecule has 21 heavy (non-hydrogen) atoms. The highest BCUT2D eigenvalue weighted by Gasteiger charge is 2.27. The van der Waals surface area contributed by atoms with E-state index < -0.39 is 10.0 Å². The zero-order valence-electron chi connectivity index (χ0n) is 11.7. The number of hydrogen-bond donors (Lipinski definition) is 0. The number of rotatable bonds is 6. The fourth-order valence-electron chi connectivity index (χ4n) is 1.64. The molecule has 0 spiro atoms. The van der Waals surface area contributed by atoms with E-state index >= 15 is 0 Å². The molecule has 2 rings (SSSR count). The lowest BCUT2D eigenvalue weighted by Crippen LogP contribution is -2.31. The van der Waals surface area contributed by atoms with Crippen molar-refractivity contribution in [3.05, 3.63) is 41.8 Å². The molecule has 0 saturated heterocycles. The van der Waals surface area contributed by atoms with E-state index in [9.17, 15) is 8.42 Å². The summed E-state index contributed by atoms with van der Waals surface area (Å²) >= 11 is 5.93. The van der Waals surface area contributed by atoms with Gasteiger partial charge < -0.3 is 9.30 Å². The zero-order chi connectivity index (χ0) is 15.5. The number of nitrogens with zero attached hydrogens (tertiary/aromatic N) is 3. The first-order chi connectivity index (χ1) is 9.93. The van der Waals surface area contributed by atoms with Gasteiger partial charge in [-0.3, -0.25) is 0 Å². The Bertz CT molecular complexity index is 701. The molecule has 1 aromatic carbocycles. The number of likely N-dealkylation sites (N-methyl/N-ethyl adjacent to an activating group) is 1. The maximum atomic E-state index is 12.3. The first kappa shape index (κ1) is 15.8. The summed E-state index contributed by atoms with van der Waals surface area (Å²) in [5.74, 6) is 0.694. The SMILES string of the molecule is CN(CCOc1ccccc1)S(=O)(=O)c1ncn(C)c1Cl. The molecule has 8 heteroatoms. The van der Waals surface area contributed by atoms with Crippen LogP contribution >= 0.6 is 11.6 Å². The predicted molar refractivity (Wildman–Crippen MR) is 80.0 cm³/mol. The van der Waals surface area contributed by atoms with Crippen molar-refractivity contribution in [2.75, 3.05) is 20.2 Å². The molecule has 1 aromatic heterocycles. The van der Waals surface area contributed by atoms with Gasteiger partial charge in [0.25, 0.3) is 10.0 Å². The maximum Gasteiger partial charge on any atom is 0.263 e. The molecule has 6 nitrogen and oxygen atoms in total. The van der Waals surface area contributed by atoms with E-state index in [-0.39, 0.29) is 23.3 Å². The summed E-state index contributed by atoms with van der Waals surface area (Å²) in [6, 6.07) is 9.20. The van der Waals surface area contributed by atoms with Crippen molar-refractivity contribution in [3.63, 3.8) is 0 Å². The minimum atomic E-state index is -3.71. The Labute approximate surface area is 129 Å². The maximum absolute atomic E-state index is 12.3. The molecule has 0 atom stereocenters. The van der Waals surface area contributed by atoms with Gasteiger partial charge in [0.15, 0.2) is 0 Å². The highest BCUT2D eigenvalue weighted by Crippen LogP contribution is 2.21. The van der Waals surface area contributed by atoms with E-state index in [1.54, 1.807) is 7.05 Å². The molecule has 0 N–H and O–H groups in total. The minimum Gasteiger partial charge on any atom is -0.492 e. The van der Waals surface area contributed by atoms with Crippen molar-refractivity contribution in [2.45, 2.75) is 5.03 Å². The van der Waals surface area contributed by atoms with Crippen LogP contribution in [0.25, 0.3) is 0 Å². The Kier molecular flexibility index (Phi) is 4.87. The third kappa shape index (κ3) is 3.55. The lowest BCUT2D eigenvalue weighted by Gasteiger charge is -2.16. The molecule has 0 aliphatic heterocycles. The van der Waals surface area contributed by atoms with Gasteiger partial charge in [0, 0.05) is 20.6 Å². The summed E-state index contributed by atoms with van der Waals surface area (Å²) in [6.07, 6.45) is 1.36. The molecule has 0 saturated carbocycles. The average Bonchev–Trinajstić information content (AvgIpc) is 2.80. The van der Waals surface area contributed by atoms with Crippen LogP contribution in [0.15, 0.2) is 41.7 Å². The van der Waals surface area contributed by atoms with Gasteiger partial charge in [-0.15, -0.1) is 0 Å². The van der Waals surface area contributed by atoms with Crippen molar-refractivity contribution in [1.29, 1.82) is 0 Å². The number of sulfonamides is 1. The number of aromatic nitrogens is 2. The smallest absolute Gasteiger partial charge is 0.263 e. The first-order valence-corrected chi connectivity index (χ1v) is 8.05. The standard InChI is InChI=1S/C13H16ClN3O3S/c1-16-10-15-13(12(16)14)21(18,19)17(2)8-9-20-11-6-4-3-5-7-11/h3-7,10H,8-9H2,1-2H3. The fourth-order valence-corrected chi connectivity index (χ4v) is 3.18. The Hall–Kier alpha value is -1.57. The molecule has 114 valence electrons. The van der Waals surface area contributed by atoms with Crippen molar-refractivity contribution >= 4 is 21.6 Å². The number of halogens is 1. The molecule has 0 aliphatic carbocycles. The van der Waals surface area contributed by atoms with Crippen LogP contribution in [-0.4, -0.2) is 42.5 Å². The molecule has 0 bridgehead atoms. The zero-order valence-corrected chi connectivity index (χ0v) is 13.3. The number of ether oxygens (including phenoxy) is 1. The molecule has 0 radical (unpaired) electrons. The van der Waals surface area contributed by atoms with E-state index in [0.29, 0.717) is 5.75 Å². The number of para-hydroxylation sites is 1. The first-order valence-electron chi connectivity index (χ1n) is 6.24. The Balaban J connectivity index is 1.99. The second-order valence-electron chi connectivity index (χ2n) is 4.44. The van der Waals surface area contributed by atoms with Crippen LogP contribution in [0.5, 0.6) is 5.75 Å². The minimum absolute atomic E-state index is 0.0887. The van der Waals surface area contributed by atoms with E-state index in [1.807, 2.05) is 30.3 Å². The Morgan fingerprint density at radius 1 is 1.33 bits per heavy atom. The van der Waals surface area contributed by atoms with E-state index in [1.165, 1.54) is 22.2 Å². The van der Waals surface area contributed by atoms with Crippen molar-refractivity contribution in [3.8, 4) is 5.75 Å². The highest BCUT2D eigenvalue weighted by molar-refractivity contribution is 7.89. The van der Waals surface area contributed by atoms with Gasteiger partial charge in [0.1, 0.15) is 17.5 Å². The number of benzene rings is 1. The van der Waals surface area contributed by atoms with E-state index in [4.69, 9.17) is 16.3 Å². The monoisotopic (exact) mass is 329 g/mol. The van der Waals surface area contributed by atoms with Crippen LogP contribution in [0.4, 0.5) is 0 Å². The highest BCUT2D eigenvalue weighted by atomic mass is 35.5. The summed E-state index contributed by atoms with van der Waals surface area (Å²) < 4.78 is 32.7. The molecule has 0 aliphatic rings. The van der Waals surface area contributed by atoms with Crippen LogP contribution < -0.4 is 4.74 Å². The van der Waals surface area contributed by atoms with Crippen LogP contribution in [0.3, 0.4) is 0 Å². The number of imidazole rings is 1. The second kappa shape index (κ2) is 6.46. The van der Waals surface area contributed by atoms with Crippen molar-refractivity contribution < 1.29 is 13.2 Å². The molecule has 0 amide bonds. The molecule has 2 aromatic rings. The normalized spacial score (nSPS) is 11.8.